The van der Waals surface area contributed by atoms with E-state index in [4.69, 9.17) is 0 Å². The van der Waals surface area contributed by atoms with Gasteiger partial charge in [-0.2, -0.15) is 0 Å². The van der Waals surface area contributed by atoms with E-state index in [9.17, 15) is 4.79 Å². The lowest BCUT2D eigenvalue weighted by atomic mass is 9.85. The Kier molecular flexibility index (Phi) is 2.56. The highest BCUT2D eigenvalue weighted by atomic mass is 16.1. The van der Waals surface area contributed by atoms with Gasteiger partial charge in [-0.05, 0) is 32.7 Å². The Morgan fingerprint density at radius 3 is 2.93 bits per heavy atom. The first kappa shape index (κ1) is 10.3. The van der Waals surface area contributed by atoms with Crippen LogP contribution in [0.2, 0.25) is 0 Å². The number of carbonyl (C=O) groups excluding carboxylic acids is 1. The third-order valence-electron chi connectivity index (χ3n) is 3.07. The van der Waals surface area contributed by atoms with Crippen LogP contribution in [0.25, 0.3) is 0 Å². The summed E-state index contributed by atoms with van der Waals surface area (Å²) in [6, 6.07) is 0. The smallest absolute Gasteiger partial charge is 0.202 e. The molecule has 0 bridgehead atoms. The predicted octanol–water partition coefficient (Wildman–Crippen LogP) is 0.530. The number of carbonyl (C=O) groups is 1. The van der Waals surface area contributed by atoms with E-state index < -0.39 is 5.54 Å². The Bertz CT molecular complexity index is 365. The molecule has 82 valence electrons. The third kappa shape index (κ3) is 1.79. The van der Waals surface area contributed by atoms with Gasteiger partial charge in [0, 0.05) is 7.05 Å². The van der Waals surface area contributed by atoms with Crippen molar-refractivity contribution in [3.63, 3.8) is 0 Å². The van der Waals surface area contributed by atoms with E-state index in [1.807, 2.05) is 6.92 Å². The topological polar surface area (TPSA) is 59.8 Å². The van der Waals surface area contributed by atoms with Crippen LogP contribution in [0.3, 0.4) is 0 Å². The van der Waals surface area contributed by atoms with E-state index in [-0.39, 0.29) is 5.78 Å². The van der Waals surface area contributed by atoms with Crippen molar-refractivity contribution in [2.45, 2.75) is 31.7 Å². The highest BCUT2D eigenvalue weighted by Gasteiger charge is 2.36. The molecule has 1 atom stereocenters. The summed E-state index contributed by atoms with van der Waals surface area (Å²) in [6.07, 6.45) is 4.66. The van der Waals surface area contributed by atoms with Crippen LogP contribution in [0.4, 0.5) is 0 Å². The van der Waals surface area contributed by atoms with Crippen LogP contribution >= 0.6 is 0 Å². The average Bonchev–Trinajstić information content (AvgIpc) is 2.64. The second kappa shape index (κ2) is 3.73. The Labute approximate surface area is 88.9 Å². The summed E-state index contributed by atoms with van der Waals surface area (Å²) in [5.74, 6) is 0.0923. The van der Waals surface area contributed by atoms with Crippen molar-refractivity contribution in [2.75, 3.05) is 6.54 Å². The number of nitrogens with zero attached hydrogens (tertiary/aromatic N) is 3. The molecule has 1 aliphatic heterocycles. The number of aryl methyl sites for hydroxylation is 1. The minimum Gasteiger partial charge on any atom is -0.305 e. The van der Waals surface area contributed by atoms with Gasteiger partial charge in [0.2, 0.25) is 5.78 Å². The zero-order valence-corrected chi connectivity index (χ0v) is 9.16. The van der Waals surface area contributed by atoms with E-state index in [0.717, 1.165) is 25.8 Å². The molecule has 15 heavy (non-hydrogen) atoms. The first-order valence-corrected chi connectivity index (χ1v) is 5.28. The molecule has 1 aromatic rings. The van der Waals surface area contributed by atoms with Crippen LogP contribution in [0.1, 0.15) is 36.7 Å². The number of nitrogens with one attached hydrogen (secondary N) is 1. The first-order valence-electron chi connectivity index (χ1n) is 5.28. The van der Waals surface area contributed by atoms with Crippen LogP contribution in [-0.4, -0.2) is 32.9 Å². The third-order valence-corrected chi connectivity index (χ3v) is 3.07. The Balaban J connectivity index is 2.23. The van der Waals surface area contributed by atoms with E-state index in [0.29, 0.717) is 5.69 Å². The summed E-state index contributed by atoms with van der Waals surface area (Å²) in [4.78, 5) is 12.2. The van der Waals surface area contributed by atoms with Crippen LogP contribution in [0.15, 0.2) is 6.20 Å². The van der Waals surface area contributed by atoms with Gasteiger partial charge in [0.1, 0.15) is 5.69 Å². The molecule has 0 spiro atoms. The minimum absolute atomic E-state index is 0.0923. The molecular formula is C10H16N4O. The molecule has 0 aromatic carbocycles. The van der Waals surface area contributed by atoms with E-state index in [1.165, 1.54) is 10.9 Å². The van der Waals surface area contributed by atoms with Crippen molar-refractivity contribution in [2.24, 2.45) is 7.05 Å². The molecule has 5 heteroatoms. The van der Waals surface area contributed by atoms with Gasteiger partial charge < -0.3 is 5.32 Å². The van der Waals surface area contributed by atoms with Crippen molar-refractivity contribution in [3.8, 4) is 0 Å². The predicted molar refractivity (Wildman–Crippen MR) is 55.6 cm³/mol. The largest absolute Gasteiger partial charge is 0.305 e. The molecule has 0 radical (unpaired) electrons. The fourth-order valence-corrected chi connectivity index (χ4v) is 2.03. The summed E-state index contributed by atoms with van der Waals surface area (Å²) in [6.45, 7) is 2.87. The number of rotatable bonds is 2. The highest BCUT2D eigenvalue weighted by molar-refractivity contribution is 6.01. The lowest BCUT2D eigenvalue weighted by Gasteiger charge is -2.33. The summed E-state index contributed by atoms with van der Waals surface area (Å²) < 4.78 is 1.53. The fraction of sp³-hybridized carbons (Fsp3) is 0.700. The molecule has 2 rings (SSSR count). The van der Waals surface area contributed by atoms with Gasteiger partial charge in [-0.15, -0.1) is 5.10 Å². The van der Waals surface area contributed by atoms with Crippen molar-refractivity contribution >= 4 is 5.78 Å². The SMILES string of the molecule is Cn1nncc1C(=O)C1(C)CCCCN1. The van der Waals surface area contributed by atoms with Gasteiger partial charge in [0.05, 0.1) is 11.7 Å². The molecule has 0 saturated carbocycles. The van der Waals surface area contributed by atoms with Gasteiger partial charge in [0.15, 0.2) is 0 Å². The van der Waals surface area contributed by atoms with E-state index in [1.54, 1.807) is 7.05 Å². The number of aromatic nitrogens is 3. The maximum atomic E-state index is 12.2. The molecule has 1 saturated heterocycles. The lowest BCUT2D eigenvalue weighted by Crippen LogP contribution is -2.52. The maximum Gasteiger partial charge on any atom is 0.202 e. The average molecular weight is 208 g/mol. The second-order valence-corrected chi connectivity index (χ2v) is 4.29. The Hall–Kier alpha value is -1.23. The van der Waals surface area contributed by atoms with Crippen LogP contribution < -0.4 is 5.32 Å². The molecule has 0 amide bonds. The van der Waals surface area contributed by atoms with Gasteiger partial charge in [-0.25, -0.2) is 4.68 Å². The van der Waals surface area contributed by atoms with E-state index in [2.05, 4.69) is 15.6 Å². The molecule has 0 aliphatic carbocycles. The van der Waals surface area contributed by atoms with Crippen molar-refractivity contribution in [1.29, 1.82) is 0 Å². The maximum absolute atomic E-state index is 12.2. The molecule has 1 fully saturated rings. The highest BCUT2D eigenvalue weighted by Crippen LogP contribution is 2.22. The van der Waals surface area contributed by atoms with Crippen LogP contribution in [-0.2, 0) is 7.05 Å². The van der Waals surface area contributed by atoms with E-state index >= 15 is 0 Å². The van der Waals surface area contributed by atoms with Gasteiger partial charge >= 0.3 is 0 Å². The van der Waals surface area contributed by atoms with Crippen molar-refractivity contribution in [1.82, 2.24) is 20.3 Å². The summed E-state index contributed by atoms with van der Waals surface area (Å²) in [7, 11) is 1.74. The number of hydrogen-bond acceptors (Lipinski definition) is 4. The Morgan fingerprint density at radius 2 is 2.40 bits per heavy atom. The molecule has 1 unspecified atom stereocenters. The normalized spacial score (nSPS) is 26.5. The number of ketones is 1. The molecule has 1 aliphatic rings. The second-order valence-electron chi connectivity index (χ2n) is 4.29. The molecule has 1 aromatic heterocycles. The van der Waals surface area contributed by atoms with Crippen LogP contribution in [0, 0.1) is 0 Å². The van der Waals surface area contributed by atoms with Gasteiger partial charge in [-0.3, -0.25) is 4.79 Å². The Morgan fingerprint density at radius 1 is 1.60 bits per heavy atom. The monoisotopic (exact) mass is 208 g/mol. The zero-order valence-electron chi connectivity index (χ0n) is 9.16. The zero-order chi connectivity index (χ0) is 10.9. The first-order chi connectivity index (χ1) is 7.13. The summed E-state index contributed by atoms with van der Waals surface area (Å²) in [5, 5.41) is 10.8. The molecule has 5 nitrogen and oxygen atoms in total. The lowest BCUT2D eigenvalue weighted by molar-refractivity contribution is 0.0824. The van der Waals surface area contributed by atoms with Crippen molar-refractivity contribution < 1.29 is 4.79 Å². The minimum atomic E-state index is -0.437. The van der Waals surface area contributed by atoms with Gasteiger partial charge in [-0.1, -0.05) is 5.21 Å². The molecule has 1 N–H and O–H groups in total. The standard InChI is InChI=1S/C10H16N4O/c1-10(5-3-4-6-11-10)9(15)8-7-12-13-14(8)2/h7,11H,3-6H2,1-2H3. The number of Topliss-reactive ketones (excluding diaryl/α,β-unsaturated/α-hetero) is 1. The fourth-order valence-electron chi connectivity index (χ4n) is 2.03. The summed E-state index contributed by atoms with van der Waals surface area (Å²) >= 11 is 0. The molecular weight excluding hydrogens is 192 g/mol. The summed E-state index contributed by atoms with van der Waals surface area (Å²) in [5.41, 5.74) is 0.139. The van der Waals surface area contributed by atoms with Crippen molar-refractivity contribution in [3.05, 3.63) is 11.9 Å². The molecule has 2 heterocycles. The van der Waals surface area contributed by atoms with Crippen LogP contribution in [0.5, 0.6) is 0 Å². The quantitative estimate of drug-likeness (QED) is 0.720. The van der Waals surface area contributed by atoms with Gasteiger partial charge in [0.25, 0.3) is 0 Å². The number of piperidine rings is 1. The number of hydrogen-bond donors (Lipinski definition) is 1.